The third-order valence-corrected chi connectivity index (χ3v) is 3.02. The molecular formula is C11H16N4O4. The zero-order chi connectivity index (χ0) is 14.0. The number of aliphatic hydroxyl groups excluding tert-OH is 1. The second-order valence-corrected chi connectivity index (χ2v) is 4.38. The maximum Gasteiger partial charge on any atom is 0.326 e. The molecule has 2 amide bonds. The molecule has 2 atom stereocenters. The van der Waals surface area contributed by atoms with Gasteiger partial charge in [-0.25, -0.2) is 9.59 Å². The zero-order valence-electron chi connectivity index (χ0n) is 10.5. The molecule has 1 aliphatic rings. The Bertz CT molecular complexity index is 487. The van der Waals surface area contributed by atoms with Crippen molar-refractivity contribution in [1.29, 1.82) is 0 Å². The highest BCUT2D eigenvalue weighted by molar-refractivity contribution is 5.92. The lowest BCUT2D eigenvalue weighted by atomic mass is 10.2. The number of hydrogen-bond donors (Lipinski definition) is 3. The number of carboxylic acid groups (broad SMARTS) is 1. The largest absolute Gasteiger partial charge is 0.480 e. The van der Waals surface area contributed by atoms with Gasteiger partial charge in [-0.1, -0.05) is 0 Å². The third kappa shape index (κ3) is 2.84. The second kappa shape index (κ2) is 5.27. The molecule has 0 radical (unpaired) electrons. The van der Waals surface area contributed by atoms with Crippen LogP contribution in [-0.4, -0.2) is 55.6 Å². The summed E-state index contributed by atoms with van der Waals surface area (Å²) >= 11 is 0. The predicted octanol–water partition coefficient (Wildman–Crippen LogP) is -0.0453. The summed E-state index contributed by atoms with van der Waals surface area (Å²) in [5, 5.41) is 25.1. The van der Waals surface area contributed by atoms with Crippen LogP contribution in [0.4, 0.5) is 10.6 Å². The van der Waals surface area contributed by atoms with Crippen molar-refractivity contribution in [2.45, 2.75) is 32.0 Å². The van der Waals surface area contributed by atoms with E-state index >= 15 is 0 Å². The van der Waals surface area contributed by atoms with Crippen LogP contribution < -0.4 is 5.32 Å². The molecule has 0 unspecified atom stereocenters. The van der Waals surface area contributed by atoms with E-state index in [1.807, 2.05) is 6.92 Å². The number of aryl methyl sites for hydroxylation is 1. The number of β-amino-alcohol motifs (C(OH)–C–C–N with tert-alkyl or cyclic N) is 1. The first-order valence-corrected chi connectivity index (χ1v) is 6.03. The fraction of sp³-hybridized carbons (Fsp3) is 0.545. The third-order valence-electron chi connectivity index (χ3n) is 3.02. The van der Waals surface area contributed by atoms with Crippen molar-refractivity contribution >= 4 is 17.8 Å². The number of nitrogens with one attached hydrogen (secondary N) is 1. The van der Waals surface area contributed by atoms with Gasteiger partial charge in [0.05, 0.1) is 6.10 Å². The molecule has 0 spiro atoms. The van der Waals surface area contributed by atoms with Crippen LogP contribution in [0.25, 0.3) is 0 Å². The minimum atomic E-state index is -1.12. The van der Waals surface area contributed by atoms with E-state index in [4.69, 9.17) is 5.11 Å². The van der Waals surface area contributed by atoms with Crippen LogP contribution in [-0.2, 0) is 11.3 Å². The Balaban J connectivity index is 2.04. The number of anilines is 1. The number of likely N-dealkylation sites (tertiary alicyclic amines) is 1. The highest BCUT2D eigenvalue weighted by atomic mass is 16.4. The van der Waals surface area contributed by atoms with Gasteiger partial charge < -0.3 is 15.1 Å². The van der Waals surface area contributed by atoms with Crippen molar-refractivity contribution in [3.63, 3.8) is 0 Å². The Hall–Kier alpha value is -2.09. The lowest BCUT2D eigenvalue weighted by Gasteiger charge is -2.20. The summed E-state index contributed by atoms with van der Waals surface area (Å²) in [5.74, 6) is -0.761. The van der Waals surface area contributed by atoms with Crippen LogP contribution in [0.3, 0.4) is 0 Å². The first kappa shape index (κ1) is 13.3. The molecule has 1 aromatic heterocycles. The maximum absolute atomic E-state index is 12.0. The molecular weight excluding hydrogens is 252 g/mol. The first-order chi connectivity index (χ1) is 9.01. The highest BCUT2D eigenvalue weighted by Gasteiger charge is 2.39. The van der Waals surface area contributed by atoms with E-state index in [1.54, 1.807) is 16.9 Å². The topological polar surface area (TPSA) is 108 Å². The van der Waals surface area contributed by atoms with Crippen molar-refractivity contribution < 1.29 is 19.8 Å². The smallest absolute Gasteiger partial charge is 0.326 e. The molecule has 2 rings (SSSR count). The molecule has 1 aliphatic heterocycles. The number of aliphatic hydroxyl groups is 1. The Labute approximate surface area is 109 Å². The Morgan fingerprint density at radius 3 is 2.89 bits per heavy atom. The molecule has 3 N–H and O–H groups in total. The van der Waals surface area contributed by atoms with E-state index in [0.29, 0.717) is 12.4 Å². The number of nitrogens with zero attached hydrogens (tertiary/aromatic N) is 3. The van der Waals surface area contributed by atoms with Crippen LogP contribution in [0.15, 0.2) is 12.3 Å². The number of amides is 2. The number of aromatic nitrogens is 2. The second-order valence-electron chi connectivity index (χ2n) is 4.38. The highest BCUT2D eigenvalue weighted by Crippen LogP contribution is 2.19. The van der Waals surface area contributed by atoms with E-state index in [1.165, 1.54) is 0 Å². The average molecular weight is 268 g/mol. The Kier molecular flexibility index (Phi) is 3.70. The van der Waals surface area contributed by atoms with Gasteiger partial charge in [-0.15, -0.1) is 0 Å². The molecule has 0 bridgehead atoms. The predicted molar refractivity (Wildman–Crippen MR) is 65.7 cm³/mol. The van der Waals surface area contributed by atoms with Crippen LogP contribution >= 0.6 is 0 Å². The minimum absolute atomic E-state index is 0.0112. The van der Waals surface area contributed by atoms with E-state index < -0.39 is 24.1 Å². The summed E-state index contributed by atoms with van der Waals surface area (Å²) in [6.45, 7) is 2.60. The summed E-state index contributed by atoms with van der Waals surface area (Å²) in [6, 6.07) is 0.0671. The van der Waals surface area contributed by atoms with Gasteiger partial charge >= 0.3 is 12.0 Å². The molecule has 1 aromatic rings. The van der Waals surface area contributed by atoms with E-state index in [-0.39, 0.29) is 13.0 Å². The van der Waals surface area contributed by atoms with E-state index in [9.17, 15) is 14.7 Å². The average Bonchev–Trinajstić information content (AvgIpc) is 2.95. The molecule has 1 saturated heterocycles. The molecule has 0 aromatic carbocycles. The standard InChI is InChI=1S/C11H16N4O4/c1-2-14-4-3-9(13-14)12-11(19)15-6-7(16)5-8(15)10(17)18/h3-4,7-8,16H,2,5-6H2,1H3,(H,17,18)(H,12,13,19)/t7-,8-/m0/s1. The number of hydrogen-bond acceptors (Lipinski definition) is 4. The number of rotatable bonds is 3. The number of urea groups is 1. The van der Waals surface area contributed by atoms with Crippen molar-refractivity contribution in [2.75, 3.05) is 11.9 Å². The molecule has 8 heteroatoms. The molecule has 104 valence electrons. The lowest BCUT2D eigenvalue weighted by Crippen LogP contribution is -2.43. The van der Waals surface area contributed by atoms with Crippen molar-refractivity contribution in [3.8, 4) is 0 Å². The lowest BCUT2D eigenvalue weighted by molar-refractivity contribution is -0.141. The molecule has 1 fully saturated rings. The summed E-state index contributed by atoms with van der Waals surface area (Å²) in [4.78, 5) is 24.1. The minimum Gasteiger partial charge on any atom is -0.480 e. The molecule has 0 saturated carbocycles. The van der Waals surface area contributed by atoms with E-state index in [2.05, 4.69) is 10.4 Å². The fourth-order valence-corrected chi connectivity index (χ4v) is 2.06. The normalized spacial score (nSPS) is 22.5. The summed E-state index contributed by atoms with van der Waals surface area (Å²) in [5.41, 5.74) is 0. The number of carbonyl (C=O) groups is 2. The fourth-order valence-electron chi connectivity index (χ4n) is 2.06. The maximum atomic E-state index is 12.0. The summed E-state index contributed by atoms with van der Waals surface area (Å²) in [6.07, 6.45) is 0.954. The number of aliphatic carboxylic acids is 1. The van der Waals surface area contributed by atoms with Gasteiger partial charge in [-0.3, -0.25) is 10.00 Å². The van der Waals surface area contributed by atoms with Gasteiger partial charge in [0.15, 0.2) is 5.82 Å². The number of carbonyl (C=O) groups excluding carboxylic acids is 1. The molecule has 2 heterocycles. The number of carboxylic acids is 1. The van der Waals surface area contributed by atoms with Crippen LogP contribution in [0.2, 0.25) is 0 Å². The molecule has 19 heavy (non-hydrogen) atoms. The Morgan fingerprint density at radius 2 is 2.32 bits per heavy atom. The van der Waals surface area contributed by atoms with Crippen LogP contribution in [0.1, 0.15) is 13.3 Å². The van der Waals surface area contributed by atoms with Gasteiger partial charge in [0.25, 0.3) is 0 Å². The van der Waals surface area contributed by atoms with Crippen LogP contribution in [0, 0.1) is 0 Å². The van der Waals surface area contributed by atoms with Gasteiger partial charge in [0.1, 0.15) is 6.04 Å². The van der Waals surface area contributed by atoms with Gasteiger partial charge in [-0.2, -0.15) is 5.10 Å². The van der Waals surface area contributed by atoms with Gasteiger partial charge in [0.2, 0.25) is 0 Å². The SMILES string of the molecule is CCn1ccc(NC(=O)N2C[C@@H](O)C[C@H]2C(=O)O)n1. The van der Waals surface area contributed by atoms with Crippen molar-refractivity contribution in [1.82, 2.24) is 14.7 Å². The van der Waals surface area contributed by atoms with Crippen LogP contribution in [0.5, 0.6) is 0 Å². The van der Waals surface area contributed by atoms with Crippen molar-refractivity contribution in [3.05, 3.63) is 12.3 Å². The van der Waals surface area contributed by atoms with Gasteiger partial charge in [-0.05, 0) is 6.92 Å². The Morgan fingerprint density at radius 1 is 1.58 bits per heavy atom. The summed E-state index contributed by atoms with van der Waals surface area (Å²) < 4.78 is 1.64. The first-order valence-electron chi connectivity index (χ1n) is 6.03. The molecule has 0 aliphatic carbocycles. The summed E-state index contributed by atoms with van der Waals surface area (Å²) in [7, 11) is 0. The monoisotopic (exact) mass is 268 g/mol. The van der Waals surface area contributed by atoms with Crippen molar-refractivity contribution in [2.24, 2.45) is 0 Å². The quantitative estimate of drug-likeness (QED) is 0.712. The van der Waals surface area contributed by atoms with Gasteiger partial charge in [0, 0.05) is 31.8 Å². The molecule has 8 nitrogen and oxygen atoms in total. The zero-order valence-corrected chi connectivity index (χ0v) is 10.5. The van der Waals surface area contributed by atoms with E-state index in [0.717, 1.165) is 4.90 Å².